The summed E-state index contributed by atoms with van der Waals surface area (Å²) in [4.78, 5) is -0.337. The van der Waals surface area contributed by atoms with Crippen molar-refractivity contribution in [3.63, 3.8) is 0 Å². The van der Waals surface area contributed by atoms with Crippen LogP contribution in [0.5, 0.6) is 0 Å². The predicted octanol–water partition coefficient (Wildman–Crippen LogP) is 1.71. The summed E-state index contributed by atoms with van der Waals surface area (Å²) < 4.78 is 75.2. The van der Waals surface area contributed by atoms with E-state index in [1.54, 1.807) is 0 Å². The van der Waals surface area contributed by atoms with Gasteiger partial charge in [0.05, 0.1) is 5.69 Å². The molecule has 1 aromatic rings. The fraction of sp³-hybridized carbons (Fsp3) is 0.333. The average molecular weight is 271 g/mol. The molecule has 0 spiro atoms. The van der Waals surface area contributed by atoms with E-state index in [0.717, 1.165) is 4.90 Å². The van der Waals surface area contributed by atoms with Gasteiger partial charge in [0.25, 0.3) is 0 Å². The van der Waals surface area contributed by atoms with Gasteiger partial charge < -0.3 is 4.90 Å². The molecule has 3 nitrogen and oxygen atoms in total. The lowest BCUT2D eigenvalue weighted by molar-refractivity contribution is 0.397. The Balaban J connectivity index is 3.93. The largest absolute Gasteiger partial charge is 0.374 e. The summed E-state index contributed by atoms with van der Waals surface area (Å²) in [6.07, 6.45) is 0.579. The van der Waals surface area contributed by atoms with Gasteiger partial charge in [-0.1, -0.05) is 0 Å². The second kappa shape index (κ2) is 4.17. The van der Waals surface area contributed by atoms with Crippen molar-refractivity contribution in [3.05, 3.63) is 23.3 Å². The molecule has 0 saturated heterocycles. The molecule has 96 valence electrons. The van der Waals surface area contributed by atoms with Crippen LogP contribution in [0.2, 0.25) is 0 Å². The van der Waals surface area contributed by atoms with Gasteiger partial charge >= 0.3 is 0 Å². The van der Waals surface area contributed by atoms with Crippen LogP contribution < -0.4 is 4.90 Å². The van der Waals surface area contributed by atoms with Crippen molar-refractivity contribution < 1.29 is 26.0 Å². The summed E-state index contributed by atoms with van der Waals surface area (Å²) in [5, 5.41) is 0. The van der Waals surface area contributed by atoms with E-state index < -0.39 is 43.7 Å². The third kappa shape index (κ3) is 2.21. The molecule has 17 heavy (non-hydrogen) atoms. The molecule has 0 aliphatic rings. The summed E-state index contributed by atoms with van der Waals surface area (Å²) in [5.41, 5.74) is -0.844. The number of rotatable bonds is 2. The molecule has 0 aromatic heterocycles. The van der Waals surface area contributed by atoms with Crippen LogP contribution in [0.25, 0.3) is 0 Å². The van der Waals surface area contributed by atoms with Crippen molar-refractivity contribution in [2.24, 2.45) is 0 Å². The molecule has 0 radical (unpaired) electrons. The molecular formula is C9H9F4NO2S. The van der Waals surface area contributed by atoms with E-state index in [0.29, 0.717) is 6.26 Å². The molecule has 0 heterocycles. The van der Waals surface area contributed by atoms with E-state index in [4.69, 9.17) is 0 Å². The van der Waals surface area contributed by atoms with E-state index in [-0.39, 0.29) is 0 Å². The number of sulfone groups is 1. The first kappa shape index (κ1) is 13.8. The molecule has 1 aromatic carbocycles. The zero-order valence-corrected chi connectivity index (χ0v) is 10.0. The fourth-order valence-corrected chi connectivity index (χ4v) is 2.38. The van der Waals surface area contributed by atoms with Crippen LogP contribution in [0, 0.1) is 23.3 Å². The minimum Gasteiger partial charge on any atom is -0.374 e. The molecular weight excluding hydrogens is 262 g/mol. The highest BCUT2D eigenvalue weighted by atomic mass is 32.2. The summed E-state index contributed by atoms with van der Waals surface area (Å²) in [5.74, 6) is -7.85. The Bertz CT molecular complexity index is 569. The number of hydrogen-bond donors (Lipinski definition) is 0. The first-order valence-corrected chi connectivity index (χ1v) is 6.21. The average Bonchev–Trinajstić information content (AvgIpc) is 2.17. The maximum Gasteiger partial charge on any atom is 0.199 e. The minimum atomic E-state index is -4.23. The molecule has 0 unspecified atom stereocenters. The zero-order valence-electron chi connectivity index (χ0n) is 9.18. The molecule has 0 N–H and O–H groups in total. The Hall–Kier alpha value is -1.31. The molecule has 0 aliphatic carbocycles. The van der Waals surface area contributed by atoms with Gasteiger partial charge in [-0.25, -0.2) is 26.0 Å². The number of anilines is 1. The number of hydrogen-bond acceptors (Lipinski definition) is 3. The SMILES string of the molecule is CN(C)c1c(F)c(F)c(F)c(F)c1S(C)(=O)=O. The lowest BCUT2D eigenvalue weighted by atomic mass is 10.2. The Morgan fingerprint density at radius 2 is 1.29 bits per heavy atom. The monoisotopic (exact) mass is 271 g/mol. The lowest BCUT2D eigenvalue weighted by Gasteiger charge is -2.18. The third-order valence-electron chi connectivity index (χ3n) is 2.02. The molecule has 0 bridgehead atoms. The Morgan fingerprint density at radius 3 is 1.65 bits per heavy atom. The molecule has 8 heteroatoms. The van der Waals surface area contributed by atoms with E-state index >= 15 is 0 Å². The van der Waals surface area contributed by atoms with Crippen molar-refractivity contribution in [2.45, 2.75) is 4.90 Å². The van der Waals surface area contributed by atoms with Crippen LogP contribution in [0.3, 0.4) is 0 Å². The normalized spacial score (nSPS) is 11.7. The van der Waals surface area contributed by atoms with Crippen molar-refractivity contribution in [1.29, 1.82) is 0 Å². The predicted molar refractivity (Wildman–Crippen MR) is 53.7 cm³/mol. The van der Waals surface area contributed by atoms with Gasteiger partial charge in [0.15, 0.2) is 33.1 Å². The summed E-state index contributed by atoms with van der Waals surface area (Å²) >= 11 is 0. The maximum atomic E-state index is 13.4. The van der Waals surface area contributed by atoms with Crippen LogP contribution in [0.15, 0.2) is 4.90 Å². The second-order valence-electron chi connectivity index (χ2n) is 3.60. The molecule has 1 rings (SSSR count). The van der Waals surface area contributed by atoms with Crippen molar-refractivity contribution in [2.75, 3.05) is 25.3 Å². The van der Waals surface area contributed by atoms with Crippen LogP contribution in [0.4, 0.5) is 23.2 Å². The topological polar surface area (TPSA) is 37.4 Å². The molecule has 0 fully saturated rings. The van der Waals surface area contributed by atoms with E-state index in [1.807, 2.05) is 0 Å². The first-order valence-electron chi connectivity index (χ1n) is 4.32. The lowest BCUT2D eigenvalue weighted by Crippen LogP contribution is -2.19. The third-order valence-corrected chi connectivity index (χ3v) is 3.13. The highest BCUT2D eigenvalue weighted by molar-refractivity contribution is 7.90. The van der Waals surface area contributed by atoms with Gasteiger partial charge in [-0.3, -0.25) is 0 Å². The van der Waals surface area contributed by atoms with Crippen LogP contribution >= 0.6 is 0 Å². The van der Waals surface area contributed by atoms with Gasteiger partial charge in [0.2, 0.25) is 0 Å². The summed E-state index contributed by atoms with van der Waals surface area (Å²) in [6.45, 7) is 0. The van der Waals surface area contributed by atoms with Crippen LogP contribution in [0.1, 0.15) is 0 Å². The Morgan fingerprint density at radius 1 is 0.882 bits per heavy atom. The molecule has 0 aliphatic heterocycles. The van der Waals surface area contributed by atoms with Crippen LogP contribution in [-0.4, -0.2) is 28.8 Å². The summed E-state index contributed by atoms with van der Waals surface area (Å²) in [6, 6.07) is 0. The second-order valence-corrected chi connectivity index (χ2v) is 5.55. The summed E-state index contributed by atoms with van der Waals surface area (Å²) in [7, 11) is -1.87. The van der Waals surface area contributed by atoms with E-state index in [2.05, 4.69) is 0 Å². The van der Waals surface area contributed by atoms with Crippen LogP contribution in [-0.2, 0) is 9.84 Å². The first-order chi connectivity index (χ1) is 7.59. The van der Waals surface area contributed by atoms with Gasteiger partial charge in [-0.05, 0) is 0 Å². The van der Waals surface area contributed by atoms with Gasteiger partial charge in [-0.15, -0.1) is 0 Å². The number of nitrogens with zero attached hydrogens (tertiary/aromatic N) is 1. The standard InChI is InChI=1S/C9H9F4NO2S/c1-14(2)8-6(12)4(10)5(11)7(13)9(8)17(3,15)16/h1-3H3. The van der Waals surface area contributed by atoms with Crippen molar-refractivity contribution in [1.82, 2.24) is 0 Å². The highest BCUT2D eigenvalue weighted by Crippen LogP contribution is 2.33. The zero-order chi connectivity index (χ0) is 13.5. The fourth-order valence-electron chi connectivity index (χ4n) is 1.34. The van der Waals surface area contributed by atoms with E-state index in [9.17, 15) is 26.0 Å². The Kier molecular flexibility index (Phi) is 3.37. The quantitative estimate of drug-likeness (QED) is 0.356. The molecule has 0 saturated carbocycles. The van der Waals surface area contributed by atoms with Crippen molar-refractivity contribution >= 4 is 15.5 Å². The van der Waals surface area contributed by atoms with E-state index in [1.165, 1.54) is 14.1 Å². The highest BCUT2D eigenvalue weighted by Gasteiger charge is 2.31. The minimum absolute atomic E-state index is 0.579. The number of benzene rings is 1. The smallest absolute Gasteiger partial charge is 0.199 e. The van der Waals surface area contributed by atoms with Gasteiger partial charge in [0, 0.05) is 20.4 Å². The Labute approximate surface area is 95.6 Å². The number of halogens is 4. The van der Waals surface area contributed by atoms with Gasteiger partial charge in [0.1, 0.15) is 4.90 Å². The molecule has 0 atom stereocenters. The van der Waals surface area contributed by atoms with Gasteiger partial charge in [-0.2, -0.15) is 0 Å². The maximum absolute atomic E-state index is 13.4. The van der Waals surface area contributed by atoms with Crippen molar-refractivity contribution in [3.8, 4) is 0 Å². The molecule has 0 amide bonds.